The lowest BCUT2D eigenvalue weighted by molar-refractivity contribution is 0.0932. The van der Waals surface area contributed by atoms with Gasteiger partial charge in [-0.05, 0) is 36.5 Å². The van der Waals surface area contributed by atoms with Gasteiger partial charge >= 0.3 is 0 Å². The minimum absolute atomic E-state index is 0.0415. The smallest absolute Gasteiger partial charge is 0.254 e. The molecule has 1 aromatic carbocycles. The van der Waals surface area contributed by atoms with E-state index in [1.807, 2.05) is 0 Å². The Balaban J connectivity index is 1.81. The molecule has 0 saturated carbocycles. The second-order valence-electron chi connectivity index (χ2n) is 6.09. The van der Waals surface area contributed by atoms with Crippen molar-refractivity contribution in [2.45, 2.75) is 20.3 Å². The van der Waals surface area contributed by atoms with Gasteiger partial charge in [-0.25, -0.2) is 4.39 Å². The molecule has 1 aromatic rings. The Labute approximate surface area is 130 Å². The number of hydrogen-bond donors (Lipinski definition) is 1. The van der Waals surface area contributed by atoms with Gasteiger partial charge in [-0.2, -0.15) is 0 Å². The summed E-state index contributed by atoms with van der Waals surface area (Å²) in [4.78, 5) is 14.3. The van der Waals surface area contributed by atoms with E-state index in [2.05, 4.69) is 24.1 Å². The predicted molar refractivity (Wildman–Crippen MR) is 83.1 cm³/mol. The van der Waals surface area contributed by atoms with Gasteiger partial charge in [0.25, 0.3) is 5.91 Å². The Morgan fingerprint density at radius 3 is 2.67 bits per heavy atom. The monoisotopic (exact) mass is 312 g/mol. The Kier molecular flexibility index (Phi) is 5.59. The third-order valence-corrected chi connectivity index (χ3v) is 4.07. The van der Waals surface area contributed by atoms with Crippen LogP contribution >= 0.6 is 11.6 Å². The lowest BCUT2D eigenvalue weighted by atomic mass is 9.92. The molecule has 1 amide bonds. The van der Waals surface area contributed by atoms with Gasteiger partial charge in [0.15, 0.2) is 0 Å². The first-order chi connectivity index (χ1) is 9.95. The number of carbonyl (C=O) groups excluding carboxylic acids is 1. The van der Waals surface area contributed by atoms with Crippen LogP contribution in [0.2, 0.25) is 5.02 Å². The van der Waals surface area contributed by atoms with Crippen molar-refractivity contribution in [3.8, 4) is 0 Å². The summed E-state index contributed by atoms with van der Waals surface area (Å²) in [5, 5.41) is 3.06. The molecule has 0 aromatic heterocycles. The van der Waals surface area contributed by atoms with Crippen LogP contribution in [-0.2, 0) is 0 Å². The van der Waals surface area contributed by atoms with Crippen molar-refractivity contribution in [2.24, 2.45) is 11.8 Å². The quantitative estimate of drug-likeness (QED) is 0.926. The van der Waals surface area contributed by atoms with Crippen molar-refractivity contribution >= 4 is 17.5 Å². The zero-order chi connectivity index (χ0) is 15.4. The van der Waals surface area contributed by atoms with Gasteiger partial charge in [0.1, 0.15) is 5.82 Å². The Morgan fingerprint density at radius 2 is 2.05 bits per heavy atom. The van der Waals surface area contributed by atoms with Crippen LogP contribution in [0.4, 0.5) is 4.39 Å². The number of nitrogens with zero attached hydrogens (tertiary/aromatic N) is 1. The van der Waals surface area contributed by atoms with E-state index >= 15 is 0 Å². The van der Waals surface area contributed by atoms with Gasteiger partial charge in [-0.15, -0.1) is 0 Å². The first-order valence-corrected chi connectivity index (χ1v) is 7.79. The zero-order valence-electron chi connectivity index (χ0n) is 12.5. The molecule has 1 aliphatic rings. The number of hydrogen-bond acceptors (Lipinski definition) is 2. The molecule has 2 unspecified atom stereocenters. The van der Waals surface area contributed by atoms with E-state index < -0.39 is 5.82 Å². The van der Waals surface area contributed by atoms with Crippen LogP contribution in [0.1, 0.15) is 30.6 Å². The van der Waals surface area contributed by atoms with Crippen molar-refractivity contribution in [1.82, 2.24) is 10.2 Å². The summed E-state index contributed by atoms with van der Waals surface area (Å²) in [5.74, 6) is 0.416. The van der Waals surface area contributed by atoms with E-state index in [1.165, 1.54) is 18.6 Å². The number of rotatable bonds is 4. The maximum absolute atomic E-state index is 13.6. The average Bonchev–Trinajstić information content (AvgIpc) is 2.37. The highest BCUT2D eigenvalue weighted by atomic mass is 35.5. The molecule has 21 heavy (non-hydrogen) atoms. The first kappa shape index (κ1) is 16.2. The molecule has 0 bridgehead atoms. The molecule has 0 aliphatic carbocycles. The number of carbonyl (C=O) groups is 1. The number of piperidine rings is 1. The summed E-state index contributed by atoms with van der Waals surface area (Å²) in [5.41, 5.74) is 0.0415. The highest BCUT2D eigenvalue weighted by molar-refractivity contribution is 6.30. The summed E-state index contributed by atoms with van der Waals surface area (Å²) in [6.45, 7) is 7.97. The molecule has 2 rings (SSSR count). The van der Waals surface area contributed by atoms with Crippen molar-refractivity contribution in [3.05, 3.63) is 34.6 Å². The van der Waals surface area contributed by atoms with Gasteiger partial charge in [-0.1, -0.05) is 25.4 Å². The molecule has 1 aliphatic heterocycles. The van der Waals surface area contributed by atoms with Crippen LogP contribution in [0.15, 0.2) is 18.2 Å². The summed E-state index contributed by atoms with van der Waals surface area (Å²) >= 11 is 5.68. The second-order valence-corrected chi connectivity index (χ2v) is 6.52. The van der Waals surface area contributed by atoms with Crippen molar-refractivity contribution in [3.63, 3.8) is 0 Å². The lowest BCUT2D eigenvalue weighted by Gasteiger charge is -2.34. The van der Waals surface area contributed by atoms with Crippen LogP contribution in [0.3, 0.4) is 0 Å². The fourth-order valence-electron chi connectivity index (χ4n) is 3.07. The van der Waals surface area contributed by atoms with Crippen molar-refractivity contribution < 1.29 is 9.18 Å². The molecule has 116 valence electrons. The van der Waals surface area contributed by atoms with E-state index in [4.69, 9.17) is 11.6 Å². The summed E-state index contributed by atoms with van der Waals surface area (Å²) in [6, 6.07) is 4.09. The van der Waals surface area contributed by atoms with Gasteiger partial charge in [0.05, 0.1) is 5.56 Å². The highest BCUT2D eigenvalue weighted by Crippen LogP contribution is 2.20. The first-order valence-electron chi connectivity index (χ1n) is 7.41. The molecule has 1 fully saturated rings. The topological polar surface area (TPSA) is 32.3 Å². The summed E-state index contributed by atoms with van der Waals surface area (Å²) in [6.07, 6.45) is 1.26. The SMILES string of the molecule is CC1CC(C)CN(CCNC(=O)c2ccc(Cl)cc2F)C1. The van der Waals surface area contributed by atoms with E-state index in [0.717, 1.165) is 25.7 Å². The van der Waals surface area contributed by atoms with Crippen LogP contribution in [0.5, 0.6) is 0 Å². The van der Waals surface area contributed by atoms with Gasteiger partial charge in [0.2, 0.25) is 0 Å². The Bertz CT molecular complexity index is 499. The van der Waals surface area contributed by atoms with Crippen LogP contribution in [0.25, 0.3) is 0 Å². The van der Waals surface area contributed by atoms with E-state index in [9.17, 15) is 9.18 Å². The van der Waals surface area contributed by atoms with Gasteiger partial charge < -0.3 is 10.2 Å². The average molecular weight is 313 g/mol. The Hall–Kier alpha value is -1.13. The normalized spacial score (nSPS) is 23.0. The molecular weight excluding hydrogens is 291 g/mol. The summed E-state index contributed by atoms with van der Waals surface area (Å²) in [7, 11) is 0. The molecular formula is C16H22ClFN2O. The third kappa shape index (κ3) is 4.68. The highest BCUT2D eigenvalue weighted by Gasteiger charge is 2.21. The molecule has 1 saturated heterocycles. The van der Waals surface area contributed by atoms with Crippen molar-refractivity contribution in [1.29, 1.82) is 0 Å². The molecule has 5 heteroatoms. The molecule has 1 N–H and O–H groups in total. The summed E-state index contributed by atoms with van der Waals surface area (Å²) < 4.78 is 13.6. The fourth-order valence-corrected chi connectivity index (χ4v) is 3.23. The van der Waals surface area contributed by atoms with E-state index in [-0.39, 0.29) is 11.5 Å². The number of nitrogens with one attached hydrogen (secondary N) is 1. The fraction of sp³-hybridized carbons (Fsp3) is 0.562. The number of benzene rings is 1. The zero-order valence-corrected chi connectivity index (χ0v) is 13.3. The van der Waals surface area contributed by atoms with Gasteiger partial charge in [-0.3, -0.25) is 4.79 Å². The standard InChI is InChI=1S/C16H22ClFN2O/c1-11-7-12(2)10-20(9-11)6-5-19-16(21)14-4-3-13(17)8-15(14)18/h3-4,8,11-12H,5-7,9-10H2,1-2H3,(H,19,21). The maximum Gasteiger partial charge on any atom is 0.254 e. The van der Waals surface area contributed by atoms with Crippen LogP contribution in [-0.4, -0.2) is 37.0 Å². The minimum atomic E-state index is -0.583. The maximum atomic E-state index is 13.6. The lowest BCUT2D eigenvalue weighted by Crippen LogP contribution is -2.42. The number of halogens is 2. The number of amides is 1. The molecule has 1 heterocycles. The minimum Gasteiger partial charge on any atom is -0.351 e. The largest absolute Gasteiger partial charge is 0.351 e. The predicted octanol–water partition coefficient (Wildman–Crippen LogP) is 3.19. The number of likely N-dealkylation sites (tertiary alicyclic amines) is 1. The van der Waals surface area contributed by atoms with Gasteiger partial charge in [0, 0.05) is 31.2 Å². The molecule has 3 nitrogen and oxygen atoms in total. The van der Waals surface area contributed by atoms with Crippen molar-refractivity contribution in [2.75, 3.05) is 26.2 Å². The second kappa shape index (κ2) is 7.23. The molecule has 0 spiro atoms. The third-order valence-electron chi connectivity index (χ3n) is 3.83. The molecule has 0 radical (unpaired) electrons. The van der Waals surface area contributed by atoms with E-state index in [1.54, 1.807) is 0 Å². The van der Waals surface area contributed by atoms with Crippen LogP contribution in [0, 0.1) is 17.7 Å². The van der Waals surface area contributed by atoms with Crippen LogP contribution < -0.4 is 5.32 Å². The molecule has 2 atom stereocenters. The van der Waals surface area contributed by atoms with E-state index in [0.29, 0.717) is 23.4 Å². The Morgan fingerprint density at radius 1 is 1.38 bits per heavy atom.